The molecule has 0 atom stereocenters. The molecule has 11 heteroatoms. The lowest BCUT2D eigenvalue weighted by atomic mass is 10.7. The zero-order valence-corrected chi connectivity index (χ0v) is 11.9. The molecule has 0 radical (unpaired) electrons. The number of hydrogen-bond acceptors (Lipinski definition) is 7. The number of fused-ring (bicyclic) bond motifs is 1. The van der Waals surface area contributed by atoms with Crippen molar-refractivity contribution in [1.29, 1.82) is 0 Å². The standard InChI is InChI=1S/C7H6ClN3O4S3/c8-18(14,15)4-3-16-5-6(11(12)13)10-1-2-17-7(10)9-5/h1-2H,3-4H2. The Morgan fingerprint density at radius 1 is 1.61 bits per heavy atom. The van der Waals surface area contributed by atoms with Crippen LogP contribution in [0.15, 0.2) is 16.6 Å². The number of rotatable bonds is 5. The zero-order valence-electron chi connectivity index (χ0n) is 8.65. The molecule has 2 rings (SSSR count). The molecule has 0 saturated carbocycles. The monoisotopic (exact) mass is 327 g/mol. The van der Waals surface area contributed by atoms with Crippen LogP contribution in [0.3, 0.4) is 0 Å². The molecule has 0 saturated heterocycles. The van der Waals surface area contributed by atoms with E-state index < -0.39 is 14.0 Å². The molecular formula is C7H6ClN3O4S3. The average molecular weight is 328 g/mol. The molecule has 0 N–H and O–H groups in total. The third-order valence-corrected chi connectivity index (χ3v) is 5.07. The maximum atomic E-state index is 10.9. The van der Waals surface area contributed by atoms with E-state index in [0.717, 1.165) is 11.8 Å². The smallest absolute Gasteiger partial charge is 0.358 e. The number of thiazole rings is 1. The Hall–Kier alpha value is -0.840. The number of nitro groups is 1. The van der Waals surface area contributed by atoms with Crippen molar-refractivity contribution in [3.63, 3.8) is 0 Å². The number of hydrogen-bond donors (Lipinski definition) is 0. The highest BCUT2D eigenvalue weighted by Crippen LogP contribution is 2.31. The van der Waals surface area contributed by atoms with E-state index in [1.165, 1.54) is 15.7 Å². The van der Waals surface area contributed by atoms with Gasteiger partial charge in [-0.15, -0.1) is 0 Å². The lowest BCUT2D eigenvalue weighted by Gasteiger charge is -1.97. The van der Waals surface area contributed by atoms with E-state index >= 15 is 0 Å². The number of imidazole rings is 1. The van der Waals surface area contributed by atoms with Crippen LogP contribution in [-0.4, -0.2) is 34.2 Å². The number of aromatic nitrogens is 2. The molecule has 0 aliphatic heterocycles. The van der Waals surface area contributed by atoms with Crippen molar-refractivity contribution in [2.75, 3.05) is 11.5 Å². The molecule has 0 amide bonds. The van der Waals surface area contributed by atoms with Crippen LogP contribution in [0.25, 0.3) is 4.96 Å². The van der Waals surface area contributed by atoms with Crippen LogP contribution in [0.1, 0.15) is 0 Å². The normalized spacial score (nSPS) is 12.1. The molecule has 7 nitrogen and oxygen atoms in total. The summed E-state index contributed by atoms with van der Waals surface area (Å²) < 4.78 is 22.9. The average Bonchev–Trinajstić information content (AvgIpc) is 2.73. The van der Waals surface area contributed by atoms with E-state index in [4.69, 9.17) is 10.7 Å². The molecule has 2 aromatic rings. The van der Waals surface area contributed by atoms with Crippen LogP contribution in [0.2, 0.25) is 0 Å². The van der Waals surface area contributed by atoms with E-state index in [0.29, 0.717) is 4.96 Å². The fraction of sp³-hybridized carbons (Fsp3) is 0.286. The van der Waals surface area contributed by atoms with Crippen molar-refractivity contribution in [3.05, 3.63) is 21.7 Å². The van der Waals surface area contributed by atoms with Crippen LogP contribution in [0.5, 0.6) is 0 Å². The summed E-state index contributed by atoms with van der Waals surface area (Å²) in [6.45, 7) is 0. The third kappa shape index (κ3) is 2.94. The third-order valence-electron chi connectivity index (χ3n) is 1.94. The molecule has 0 aromatic carbocycles. The van der Waals surface area contributed by atoms with Crippen LogP contribution >= 0.6 is 33.8 Å². The van der Waals surface area contributed by atoms with Gasteiger partial charge in [-0.3, -0.25) is 0 Å². The first kappa shape index (κ1) is 13.6. The van der Waals surface area contributed by atoms with E-state index in [9.17, 15) is 18.5 Å². The Kier molecular flexibility index (Phi) is 3.80. The second-order valence-electron chi connectivity index (χ2n) is 3.14. The van der Waals surface area contributed by atoms with Crippen LogP contribution in [0.4, 0.5) is 5.82 Å². The van der Waals surface area contributed by atoms with Crippen molar-refractivity contribution in [1.82, 2.24) is 9.38 Å². The molecule has 0 spiro atoms. The highest BCUT2D eigenvalue weighted by atomic mass is 35.7. The highest BCUT2D eigenvalue weighted by molar-refractivity contribution is 8.14. The van der Waals surface area contributed by atoms with Crippen LogP contribution < -0.4 is 0 Å². The van der Waals surface area contributed by atoms with Crippen molar-refractivity contribution >= 4 is 53.6 Å². The first-order valence-corrected chi connectivity index (χ1v) is 8.88. The first-order valence-electron chi connectivity index (χ1n) is 4.53. The van der Waals surface area contributed by atoms with Gasteiger partial charge in [0.25, 0.3) is 4.96 Å². The number of halogens is 1. The molecule has 0 unspecified atom stereocenters. The Bertz CT molecular complexity index is 692. The molecule has 98 valence electrons. The summed E-state index contributed by atoms with van der Waals surface area (Å²) in [6, 6.07) is 0. The van der Waals surface area contributed by atoms with Gasteiger partial charge in [0.05, 0.1) is 5.75 Å². The minimum atomic E-state index is -3.59. The zero-order chi connectivity index (χ0) is 13.3. The van der Waals surface area contributed by atoms with Crippen molar-refractivity contribution < 1.29 is 13.3 Å². The Morgan fingerprint density at radius 2 is 2.33 bits per heavy atom. The summed E-state index contributed by atoms with van der Waals surface area (Å²) in [5, 5.41) is 12.8. The highest BCUT2D eigenvalue weighted by Gasteiger charge is 2.24. The molecule has 0 aliphatic rings. The predicted molar refractivity (Wildman–Crippen MR) is 70.1 cm³/mol. The van der Waals surface area contributed by atoms with Gasteiger partial charge in [0.2, 0.25) is 9.05 Å². The van der Waals surface area contributed by atoms with E-state index in [-0.39, 0.29) is 22.3 Å². The van der Waals surface area contributed by atoms with Gasteiger partial charge in [-0.2, -0.15) is 9.38 Å². The maximum Gasteiger partial charge on any atom is 0.362 e. The number of nitrogens with zero attached hydrogens (tertiary/aromatic N) is 3. The van der Waals surface area contributed by atoms with Gasteiger partial charge in [-0.25, -0.2) is 8.42 Å². The summed E-state index contributed by atoms with van der Waals surface area (Å²) in [7, 11) is 1.47. The lowest BCUT2D eigenvalue weighted by molar-refractivity contribution is -0.393. The van der Waals surface area contributed by atoms with Crippen LogP contribution in [-0.2, 0) is 9.05 Å². The first-order chi connectivity index (χ1) is 8.38. The molecule has 0 bridgehead atoms. The van der Waals surface area contributed by atoms with Crippen molar-refractivity contribution in [2.45, 2.75) is 5.03 Å². The Morgan fingerprint density at radius 3 is 2.94 bits per heavy atom. The summed E-state index contributed by atoms with van der Waals surface area (Å²) in [4.78, 5) is 15.0. The van der Waals surface area contributed by atoms with Gasteiger partial charge in [0, 0.05) is 21.8 Å². The molecule has 2 aromatic heterocycles. The van der Waals surface area contributed by atoms with E-state index in [1.54, 1.807) is 11.6 Å². The molecule has 18 heavy (non-hydrogen) atoms. The van der Waals surface area contributed by atoms with Gasteiger partial charge >= 0.3 is 5.82 Å². The second kappa shape index (κ2) is 5.03. The van der Waals surface area contributed by atoms with Crippen molar-refractivity contribution in [3.8, 4) is 0 Å². The molecule has 2 heterocycles. The second-order valence-corrected chi connectivity index (χ2v) is 8.00. The quantitative estimate of drug-likeness (QED) is 0.360. The minimum absolute atomic E-state index is 0.123. The summed E-state index contributed by atoms with van der Waals surface area (Å²) >= 11 is 2.27. The predicted octanol–water partition coefficient (Wildman–Crippen LogP) is 1.96. The largest absolute Gasteiger partial charge is 0.362 e. The van der Waals surface area contributed by atoms with E-state index in [1.807, 2.05) is 0 Å². The van der Waals surface area contributed by atoms with Gasteiger partial charge in [-0.05, 0) is 4.92 Å². The molecule has 0 aliphatic carbocycles. The van der Waals surface area contributed by atoms with Gasteiger partial charge in [-0.1, -0.05) is 23.1 Å². The van der Waals surface area contributed by atoms with Gasteiger partial charge < -0.3 is 10.1 Å². The van der Waals surface area contributed by atoms with E-state index in [2.05, 4.69) is 4.98 Å². The number of thioether (sulfide) groups is 1. The van der Waals surface area contributed by atoms with Crippen molar-refractivity contribution in [2.24, 2.45) is 0 Å². The maximum absolute atomic E-state index is 10.9. The Balaban J connectivity index is 2.25. The SMILES string of the molecule is O=[N+]([O-])c1c(SCCS(=O)(=O)Cl)nc2sccn12. The Labute approximate surface area is 114 Å². The minimum Gasteiger partial charge on any atom is -0.358 e. The topological polar surface area (TPSA) is 94.6 Å². The van der Waals surface area contributed by atoms with Gasteiger partial charge in [0.15, 0.2) is 5.03 Å². The molecular weight excluding hydrogens is 322 g/mol. The fourth-order valence-corrected chi connectivity index (χ4v) is 4.36. The van der Waals surface area contributed by atoms with Gasteiger partial charge in [0.1, 0.15) is 6.20 Å². The summed E-state index contributed by atoms with van der Waals surface area (Å²) in [5.41, 5.74) is 0. The fourth-order valence-electron chi connectivity index (χ4n) is 1.25. The lowest BCUT2D eigenvalue weighted by Crippen LogP contribution is -2.00. The van der Waals surface area contributed by atoms with Crippen LogP contribution in [0, 0.1) is 10.1 Å². The summed E-state index contributed by atoms with van der Waals surface area (Å²) in [6.07, 6.45) is 1.55. The molecule has 0 fully saturated rings. The summed E-state index contributed by atoms with van der Waals surface area (Å²) in [5.74, 6) is -0.290.